The molecule has 0 unspecified atom stereocenters. The third-order valence-electron chi connectivity index (χ3n) is 2.66. The van der Waals surface area contributed by atoms with Crippen LogP contribution in [0.5, 0.6) is 0 Å². The summed E-state index contributed by atoms with van der Waals surface area (Å²) in [6.07, 6.45) is 1.12. The molecule has 0 bridgehead atoms. The van der Waals surface area contributed by atoms with Gasteiger partial charge in [-0.25, -0.2) is 0 Å². The minimum absolute atomic E-state index is 0. The molecule has 0 amide bonds. The van der Waals surface area contributed by atoms with Crippen molar-refractivity contribution < 1.29 is 0 Å². The van der Waals surface area contributed by atoms with Gasteiger partial charge in [-0.3, -0.25) is 0 Å². The summed E-state index contributed by atoms with van der Waals surface area (Å²) in [6.45, 7) is 4.39. The van der Waals surface area contributed by atoms with Crippen LogP contribution in [-0.2, 0) is 6.42 Å². The number of fused-ring (bicyclic) bond motifs is 1. The summed E-state index contributed by atoms with van der Waals surface area (Å²) in [5, 5.41) is 4.27. The van der Waals surface area contributed by atoms with E-state index in [0.717, 1.165) is 24.5 Å². The van der Waals surface area contributed by atoms with Gasteiger partial charge in [0.25, 0.3) is 0 Å². The van der Waals surface area contributed by atoms with Gasteiger partial charge in [-0.1, -0.05) is 24.6 Å². The van der Waals surface area contributed by atoms with Gasteiger partial charge in [0.15, 0.2) is 0 Å². The summed E-state index contributed by atoms with van der Waals surface area (Å²) in [7, 11) is 0. The Morgan fingerprint density at radius 2 is 2.21 bits per heavy atom. The van der Waals surface area contributed by atoms with Crippen LogP contribution in [0.1, 0.15) is 24.0 Å². The molecule has 1 aliphatic heterocycles. The van der Waals surface area contributed by atoms with Gasteiger partial charge in [0.1, 0.15) is 0 Å². The van der Waals surface area contributed by atoms with E-state index in [1.807, 2.05) is 6.07 Å². The molecule has 1 heterocycles. The van der Waals surface area contributed by atoms with Crippen molar-refractivity contribution in [2.75, 3.05) is 13.1 Å². The Balaban J connectivity index is 0.000000980. The lowest BCUT2D eigenvalue weighted by atomic mass is 9.96. The lowest BCUT2D eigenvalue weighted by Crippen LogP contribution is -2.18. The quantitative estimate of drug-likeness (QED) is 0.767. The first kappa shape index (κ1) is 12.0. The van der Waals surface area contributed by atoms with Gasteiger partial charge in [-0.05, 0) is 42.1 Å². The molecular weight excluding hydrogens is 261 g/mol. The zero-order valence-corrected chi connectivity index (χ0v) is 10.7. The summed E-state index contributed by atoms with van der Waals surface area (Å²) in [6, 6.07) is 6.24. The van der Waals surface area contributed by atoms with Gasteiger partial charge < -0.3 is 5.32 Å². The first-order valence-corrected chi connectivity index (χ1v) is 5.14. The average Bonchev–Trinajstić information content (AvgIpc) is 2.29. The van der Waals surface area contributed by atoms with E-state index in [2.05, 4.69) is 24.4 Å². The highest BCUT2D eigenvalue weighted by atomic mass is 79.9. The number of rotatable bonds is 0. The molecule has 0 aromatic heterocycles. The van der Waals surface area contributed by atoms with Crippen LogP contribution in [-0.4, -0.2) is 13.1 Å². The van der Waals surface area contributed by atoms with Gasteiger partial charge in [0, 0.05) is 11.6 Å². The molecule has 1 aromatic rings. The van der Waals surface area contributed by atoms with E-state index in [4.69, 9.17) is 11.6 Å². The third-order valence-corrected chi connectivity index (χ3v) is 2.90. The van der Waals surface area contributed by atoms with Crippen molar-refractivity contribution in [2.24, 2.45) is 0 Å². The predicted molar refractivity (Wildman–Crippen MR) is 66.8 cm³/mol. The molecule has 1 atom stereocenters. The maximum absolute atomic E-state index is 5.97. The van der Waals surface area contributed by atoms with Crippen LogP contribution < -0.4 is 5.32 Å². The summed E-state index contributed by atoms with van der Waals surface area (Å²) in [5.41, 5.74) is 2.86. The van der Waals surface area contributed by atoms with E-state index in [1.165, 1.54) is 11.1 Å². The molecule has 3 heteroatoms. The molecule has 0 fully saturated rings. The van der Waals surface area contributed by atoms with Crippen molar-refractivity contribution >= 4 is 28.6 Å². The van der Waals surface area contributed by atoms with Crippen molar-refractivity contribution in [2.45, 2.75) is 19.3 Å². The summed E-state index contributed by atoms with van der Waals surface area (Å²) < 4.78 is 0. The minimum atomic E-state index is 0. The van der Waals surface area contributed by atoms with E-state index in [-0.39, 0.29) is 17.0 Å². The second-order valence-electron chi connectivity index (χ2n) is 3.70. The fraction of sp³-hybridized carbons (Fsp3) is 0.455. The number of halogens is 2. The number of benzene rings is 1. The summed E-state index contributed by atoms with van der Waals surface area (Å²) >= 11 is 5.97. The smallest absolute Gasteiger partial charge is 0.0409 e. The topological polar surface area (TPSA) is 12.0 Å². The highest BCUT2D eigenvalue weighted by Crippen LogP contribution is 2.25. The van der Waals surface area contributed by atoms with Crippen LogP contribution in [0.15, 0.2) is 18.2 Å². The Hall–Kier alpha value is -0.0500. The molecular formula is C11H15BrClN. The van der Waals surface area contributed by atoms with Crippen LogP contribution in [0.25, 0.3) is 0 Å². The van der Waals surface area contributed by atoms with Crippen molar-refractivity contribution in [3.05, 3.63) is 34.3 Å². The highest BCUT2D eigenvalue weighted by Gasteiger charge is 2.13. The SMILES string of the molecule is Br.C[C@H]1CNCCc2ccc(Cl)cc21. The zero-order valence-electron chi connectivity index (χ0n) is 8.22. The lowest BCUT2D eigenvalue weighted by molar-refractivity contribution is 0.644. The van der Waals surface area contributed by atoms with E-state index >= 15 is 0 Å². The molecule has 0 aliphatic carbocycles. The van der Waals surface area contributed by atoms with Crippen LogP contribution in [0.4, 0.5) is 0 Å². The highest BCUT2D eigenvalue weighted by molar-refractivity contribution is 8.93. The number of hydrogen-bond acceptors (Lipinski definition) is 1. The fourth-order valence-electron chi connectivity index (χ4n) is 1.90. The fourth-order valence-corrected chi connectivity index (χ4v) is 2.08. The normalized spacial score (nSPS) is 20.6. The third kappa shape index (κ3) is 2.50. The molecule has 0 radical (unpaired) electrons. The Morgan fingerprint density at radius 3 is 3.00 bits per heavy atom. The largest absolute Gasteiger partial charge is 0.316 e. The van der Waals surface area contributed by atoms with Gasteiger partial charge >= 0.3 is 0 Å². The molecule has 0 spiro atoms. The standard InChI is InChI=1S/C11H14ClN.BrH/c1-8-7-13-5-4-9-2-3-10(12)6-11(8)9;/h2-3,6,8,13H,4-5,7H2,1H3;1H/t8-;/m0./s1. The average molecular weight is 277 g/mol. The van der Waals surface area contributed by atoms with E-state index in [9.17, 15) is 0 Å². The second-order valence-corrected chi connectivity index (χ2v) is 4.13. The Kier molecular flexibility index (Phi) is 4.42. The van der Waals surface area contributed by atoms with Gasteiger partial charge in [0.05, 0.1) is 0 Å². The Morgan fingerprint density at radius 1 is 1.43 bits per heavy atom. The molecule has 0 saturated carbocycles. The van der Waals surface area contributed by atoms with Crippen LogP contribution >= 0.6 is 28.6 Å². The van der Waals surface area contributed by atoms with Crippen LogP contribution in [0.2, 0.25) is 5.02 Å². The summed E-state index contributed by atoms with van der Waals surface area (Å²) in [5.74, 6) is 0.580. The molecule has 0 saturated heterocycles. The van der Waals surface area contributed by atoms with Gasteiger partial charge in [-0.2, -0.15) is 0 Å². The minimum Gasteiger partial charge on any atom is -0.316 e. The Labute approximate surface area is 101 Å². The monoisotopic (exact) mass is 275 g/mol. The lowest BCUT2D eigenvalue weighted by Gasteiger charge is -2.11. The van der Waals surface area contributed by atoms with E-state index in [0.29, 0.717) is 5.92 Å². The summed E-state index contributed by atoms with van der Waals surface area (Å²) in [4.78, 5) is 0. The van der Waals surface area contributed by atoms with Crippen LogP contribution in [0, 0.1) is 0 Å². The number of nitrogens with one attached hydrogen (secondary N) is 1. The van der Waals surface area contributed by atoms with E-state index in [1.54, 1.807) is 0 Å². The van der Waals surface area contributed by atoms with Crippen molar-refractivity contribution in [1.29, 1.82) is 0 Å². The first-order valence-electron chi connectivity index (χ1n) is 4.76. The molecule has 2 rings (SSSR count). The maximum atomic E-state index is 5.97. The van der Waals surface area contributed by atoms with Crippen molar-refractivity contribution in [3.63, 3.8) is 0 Å². The molecule has 1 nitrogen and oxygen atoms in total. The van der Waals surface area contributed by atoms with Gasteiger partial charge in [-0.15, -0.1) is 17.0 Å². The molecule has 14 heavy (non-hydrogen) atoms. The number of hydrogen-bond donors (Lipinski definition) is 1. The first-order chi connectivity index (χ1) is 6.27. The van der Waals surface area contributed by atoms with E-state index < -0.39 is 0 Å². The zero-order chi connectivity index (χ0) is 9.26. The molecule has 1 aromatic carbocycles. The molecule has 1 N–H and O–H groups in total. The molecule has 1 aliphatic rings. The molecule has 78 valence electrons. The Bertz CT molecular complexity index is 314. The maximum Gasteiger partial charge on any atom is 0.0409 e. The van der Waals surface area contributed by atoms with Gasteiger partial charge in [0.2, 0.25) is 0 Å². The van der Waals surface area contributed by atoms with Crippen molar-refractivity contribution in [1.82, 2.24) is 5.32 Å². The van der Waals surface area contributed by atoms with Crippen molar-refractivity contribution in [3.8, 4) is 0 Å². The van der Waals surface area contributed by atoms with Crippen LogP contribution in [0.3, 0.4) is 0 Å². The second kappa shape index (κ2) is 5.15. The predicted octanol–water partition coefficient (Wildman–Crippen LogP) is 3.17.